The maximum Gasteiger partial charge on any atom is 0.331 e. The molecule has 1 unspecified atom stereocenters. The molecule has 0 radical (unpaired) electrons. The number of carboxylic acid groups (broad SMARTS) is 1. The number of thioether (sulfide) groups is 1. The molecule has 2 rings (SSSR count). The maximum atomic E-state index is 11.8. The summed E-state index contributed by atoms with van der Waals surface area (Å²) in [6, 6.07) is 6.51. The molecule has 2 N–H and O–H groups in total. The van der Waals surface area contributed by atoms with Crippen molar-refractivity contribution in [3.8, 4) is 0 Å². The molecule has 2 aromatic rings. The van der Waals surface area contributed by atoms with E-state index in [2.05, 4.69) is 5.32 Å². The second-order valence-electron chi connectivity index (χ2n) is 3.93. The maximum absolute atomic E-state index is 11.8. The van der Waals surface area contributed by atoms with Crippen molar-refractivity contribution in [3.05, 3.63) is 44.8 Å². The molecule has 1 amide bonds. The van der Waals surface area contributed by atoms with Crippen LogP contribution in [-0.2, 0) is 15.3 Å². The monoisotopic (exact) mass is 327 g/mol. The summed E-state index contributed by atoms with van der Waals surface area (Å²) in [6.45, 7) is 0. The number of hydrogen-bond donors (Lipinski definition) is 2. The number of thiophene rings is 2. The quantitative estimate of drug-likeness (QED) is 0.820. The summed E-state index contributed by atoms with van der Waals surface area (Å²) in [5.41, 5.74) is 0. The van der Waals surface area contributed by atoms with Gasteiger partial charge in [-0.15, -0.1) is 34.4 Å². The Balaban J connectivity index is 1.81. The van der Waals surface area contributed by atoms with Crippen LogP contribution in [0.5, 0.6) is 0 Å². The molecule has 2 heterocycles. The Hall–Kier alpha value is -1.31. The minimum Gasteiger partial charge on any atom is -0.479 e. The van der Waals surface area contributed by atoms with Gasteiger partial charge < -0.3 is 10.4 Å². The third kappa shape index (κ3) is 4.36. The first kappa shape index (κ1) is 15.1. The average molecular weight is 327 g/mol. The van der Waals surface area contributed by atoms with Gasteiger partial charge in [-0.3, -0.25) is 4.79 Å². The van der Waals surface area contributed by atoms with Crippen LogP contribution in [0.2, 0.25) is 0 Å². The highest BCUT2D eigenvalue weighted by Gasteiger charge is 2.22. The Bertz CT molecular complexity index is 551. The SMILES string of the molecule is O=C(CSCc1cccs1)NC(C(=O)O)c1cccs1. The van der Waals surface area contributed by atoms with E-state index in [-0.39, 0.29) is 11.7 Å². The van der Waals surface area contributed by atoms with Crippen LogP contribution in [-0.4, -0.2) is 22.7 Å². The van der Waals surface area contributed by atoms with E-state index < -0.39 is 12.0 Å². The summed E-state index contributed by atoms with van der Waals surface area (Å²) in [5, 5.41) is 15.5. The summed E-state index contributed by atoms with van der Waals surface area (Å²) in [5.74, 6) is -0.272. The van der Waals surface area contributed by atoms with Gasteiger partial charge in [0.2, 0.25) is 5.91 Å². The lowest BCUT2D eigenvalue weighted by molar-refractivity contribution is -0.141. The Morgan fingerprint density at radius 1 is 1.25 bits per heavy atom. The van der Waals surface area contributed by atoms with Gasteiger partial charge in [-0.1, -0.05) is 12.1 Å². The van der Waals surface area contributed by atoms with Gasteiger partial charge in [0.25, 0.3) is 0 Å². The highest BCUT2D eigenvalue weighted by molar-refractivity contribution is 7.99. The summed E-state index contributed by atoms with van der Waals surface area (Å²) < 4.78 is 0. The topological polar surface area (TPSA) is 66.4 Å². The van der Waals surface area contributed by atoms with E-state index >= 15 is 0 Å². The fourth-order valence-corrected chi connectivity index (χ4v) is 4.00. The second kappa shape index (κ2) is 7.47. The van der Waals surface area contributed by atoms with E-state index in [1.807, 2.05) is 17.5 Å². The summed E-state index contributed by atoms with van der Waals surface area (Å²) >= 11 is 4.45. The van der Waals surface area contributed by atoms with Crippen molar-refractivity contribution >= 4 is 46.3 Å². The standard InChI is InChI=1S/C13H13NO3S3/c15-11(8-18-7-9-3-1-5-19-9)14-12(13(16)17)10-4-2-6-20-10/h1-6,12H,7-8H2,(H,14,15)(H,16,17). The smallest absolute Gasteiger partial charge is 0.331 e. The summed E-state index contributed by atoms with van der Waals surface area (Å²) in [6.07, 6.45) is 0. The van der Waals surface area contributed by atoms with Crippen molar-refractivity contribution in [1.82, 2.24) is 5.32 Å². The van der Waals surface area contributed by atoms with Crippen LogP contribution in [0.3, 0.4) is 0 Å². The molecule has 0 aliphatic carbocycles. The first-order valence-corrected chi connectivity index (χ1v) is 8.74. The van der Waals surface area contributed by atoms with E-state index in [1.165, 1.54) is 28.0 Å². The molecule has 0 aromatic carbocycles. The van der Waals surface area contributed by atoms with Gasteiger partial charge in [-0.2, -0.15) is 0 Å². The lowest BCUT2D eigenvalue weighted by atomic mass is 10.2. The molecule has 0 aliphatic heterocycles. The van der Waals surface area contributed by atoms with Crippen LogP contribution < -0.4 is 5.32 Å². The number of nitrogens with one attached hydrogen (secondary N) is 1. The van der Waals surface area contributed by atoms with Crippen molar-refractivity contribution < 1.29 is 14.7 Å². The molecular weight excluding hydrogens is 314 g/mol. The molecule has 0 bridgehead atoms. The Morgan fingerprint density at radius 3 is 2.60 bits per heavy atom. The van der Waals surface area contributed by atoms with Crippen LogP contribution in [0, 0.1) is 0 Å². The predicted molar refractivity (Wildman–Crippen MR) is 83.3 cm³/mol. The molecule has 0 aliphatic rings. The van der Waals surface area contributed by atoms with Crippen molar-refractivity contribution in [2.45, 2.75) is 11.8 Å². The van der Waals surface area contributed by atoms with Gasteiger partial charge >= 0.3 is 5.97 Å². The zero-order valence-corrected chi connectivity index (χ0v) is 12.9. The van der Waals surface area contributed by atoms with Gasteiger partial charge in [0.1, 0.15) is 0 Å². The first-order valence-electron chi connectivity index (χ1n) is 5.82. The predicted octanol–water partition coefficient (Wildman–Crippen LogP) is 2.98. The number of carbonyl (C=O) groups is 2. The van der Waals surface area contributed by atoms with Crippen LogP contribution in [0.1, 0.15) is 15.8 Å². The third-order valence-corrected chi connectivity index (χ3v) is 5.42. The highest BCUT2D eigenvalue weighted by Crippen LogP contribution is 2.20. The third-order valence-electron chi connectivity index (χ3n) is 2.44. The number of carbonyl (C=O) groups excluding carboxylic acids is 1. The first-order chi connectivity index (χ1) is 9.66. The van der Waals surface area contributed by atoms with Gasteiger partial charge in [0, 0.05) is 15.5 Å². The largest absolute Gasteiger partial charge is 0.479 e. The molecule has 4 nitrogen and oxygen atoms in total. The molecule has 106 valence electrons. The molecule has 1 atom stereocenters. The van der Waals surface area contributed by atoms with Crippen molar-refractivity contribution in [3.63, 3.8) is 0 Å². The fraction of sp³-hybridized carbons (Fsp3) is 0.231. The molecule has 0 spiro atoms. The normalized spacial score (nSPS) is 12.0. The number of rotatable bonds is 7. The van der Waals surface area contributed by atoms with Crippen molar-refractivity contribution in [2.75, 3.05) is 5.75 Å². The Morgan fingerprint density at radius 2 is 2.00 bits per heavy atom. The molecule has 0 saturated carbocycles. The second-order valence-corrected chi connectivity index (χ2v) is 6.92. The lowest BCUT2D eigenvalue weighted by Crippen LogP contribution is -2.34. The van der Waals surface area contributed by atoms with Gasteiger partial charge in [-0.05, 0) is 22.9 Å². The minimum atomic E-state index is -1.04. The molecule has 0 saturated heterocycles. The van der Waals surface area contributed by atoms with Crippen LogP contribution >= 0.6 is 34.4 Å². The zero-order chi connectivity index (χ0) is 14.4. The lowest BCUT2D eigenvalue weighted by Gasteiger charge is -2.12. The number of amides is 1. The minimum absolute atomic E-state index is 0.257. The van der Waals surface area contributed by atoms with Crippen molar-refractivity contribution in [2.24, 2.45) is 0 Å². The van der Waals surface area contributed by atoms with E-state index in [9.17, 15) is 9.59 Å². The summed E-state index contributed by atoms with van der Waals surface area (Å²) in [7, 11) is 0. The fourth-order valence-electron chi connectivity index (χ4n) is 1.55. The molecule has 2 aromatic heterocycles. The average Bonchev–Trinajstić information content (AvgIpc) is 3.08. The molecule has 0 fully saturated rings. The number of hydrogen-bond acceptors (Lipinski definition) is 5. The Labute approximate surface area is 128 Å². The van der Waals surface area contributed by atoms with Crippen LogP contribution in [0.4, 0.5) is 0 Å². The van der Waals surface area contributed by atoms with E-state index in [1.54, 1.807) is 28.8 Å². The van der Waals surface area contributed by atoms with Crippen molar-refractivity contribution in [1.29, 1.82) is 0 Å². The number of aliphatic carboxylic acids is 1. The molecular formula is C13H13NO3S3. The van der Waals surface area contributed by atoms with Gasteiger partial charge in [0.15, 0.2) is 6.04 Å². The highest BCUT2D eigenvalue weighted by atomic mass is 32.2. The van der Waals surface area contributed by atoms with E-state index in [0.717, 1.165) is 5.75 Å². The molecule has 7 heteroatoms. The van der Waals surface area contributed by atoms with Gasteiger partial charge in [0.05, 0.1) is 5.75 Å². The molecule has 20 heavy (non-hydrogen) atoms. The van der Waals surface area contributed by atoms with Gasteiger partial charge in [-0.25, -0.2) is 4.79 Å². The van der Waals surface area contributed by atoms with Crippen LogP contribution in [0.15, 0.2) is 35.0 Å². The number of carboxylic acids is 1. The zero-order valence-electron chi connectivity index (χ0n) is 10.4. The van der Waals surface area contributed by atoms with Crippen LogP contribution in [0.25, 0.3) is 0 Å². The summed E-state index contributed by atoms with van der Waals surface area (Å²) in [4.78, 5) is 24.8. The van der Waals surface area contributed by atoms with E-state index in [0.29, 0.717) is 4.88 Å². The van der Waals surface area contributed by atoms with E-state index in [4.69, 9.17) is 5.11 Å². The Kier molecular flexibility index (Phi) is 5.63.